The predicted octanol–water partition coefficient (Wildman–Crippen LogP) is 2.44. The number of nitrogens with zero attached hydrogens (tertiary/aromatic N) is 2. The Morgan fingerprint density at radius 3 is 2.88 bits per heavy atom. The highest BCUT2D eigenvalue weighted by molar-refractivity contribution is 7.09. The second kappa shape index (κ2) is 4.50. The van der Waals surface area contributed by atoms with Crippen LogP contribution in [-0.2, 0) is 11.2 Å². The van der Waals surface area contributed by atoms with Gasteiger partial charge in [0.2, 0.25) is 5.91 Å². The molecule has 0 radical (unpaired) electrons. The van der Waals surface area contributed by atoms with Gasteiger partial charge in [0.25, 0.3) is 0 Å². The molecule has 0 bridgehead atoms. The van der Waals surface area contributed by atoms with Crippen molar-refractivity contribution in [3.8, 4) is 6.07 Å². The van der Waals surface area contributed by atoms with Gasteiger partial charge in [-0.15, -0.1) is 11.3 Å². The molecule has 0 aliphatic heterocycles. The van der Waals surface area contributed by atoms with Crippen molar-refractivity contribution in [2.45, 2.75) is 32.2 Å². The highest BCUT2D eigenvalue weighted by atomic mass is 32.1. The first-order valence-electron chi connectivity index (χ1n) is 5.80. The summed E-state index contributed by atoms with van der Waals surface area (Å²) in [4.78, 5) is 15.1. The Morgan fingerprint density at radius 2 is 2.41 bits per heavy atom. The molecular formula is C13H16N2OS. The van der Waals surface area contributed by atoms with Crippen LogP contribution in [0, 0.1) is 16.7 Å². The molecular weight excluding hydrogens is 232 g/mol. The van der Waals surface area contributed by atoms with Crippen LogP contribution in [-0.4, -0.2) is 23.9 Å². The predicted molar refractivity (Wildman–Crippen MR) is 67.5 cm³/mol. The first-order chi connectivity index (χ1) is 8.09. The second-order valence-electron chi connectivity index (χ2n) is 4.74. The quantitative estimate of drug-likeness (QED) is 0.821. The molecule has 1 heterocycles. The lowest BCUT2D eigenvalue weighted by Gasteiger charge is -2.26. The fourth-order valence-corrected chi connectivity index (χ4v) is 2.72. The van der Waals surface area contributed by atoms with Gasteiger partial charge in [-0.2, -0.15) is 5.26 Å². The number of nitriles is 1. The Labute approximate surface area is 106 Å². The number of rotatable bonds is 4. The Hall–Kier alpha value is -1.34. The smallest absolute Gasteiger partial charge is 0.243 e. The highest BCUT2D eigenvalue weighted by Crippen LogP contribution is 2.46. The lowest BCUT2D eigenvalue weighted by Crippen LogP contribution is -2.40. The fourth-order valence-electron chi connectivity index (χ4n) is 1.89. The fraction of sp³-hybridized carbons (Fsp3) is 0.538. The van der Waals surface area contributed by atoms with Gasteiger partial charge in [0.15, 0.2) is 0 Å². The van der Waals surface area contributed by atoms with Gasteiger partial charge in [-0.05, 0) is 31.2 Å². The van der Waals surface area contributed by atoms with E-state index in [-0.39, 0.29) is 11.9 Å². The third-order valence-corrected chi connectivity index (χ3v) is 4.33. The number of thiophene rings is 1. The van der Waals surface area contributed by atoms with E-state index >= 15 is 0 Å². The van der Waals surface area contributed by atoms with Gasteiger partial charge < -0.3 is 4.90 Å². The van der Waals surface area contributed by atoms with Crippen molar-refractivity contribution in [1.29, 1.82) is 5.26 Å². The third kappa shape index (κ3) is 2.34. The molecule has 0 aromatic carbocycles. The molecule has 1 atom stereocenters. The van der Waals surface area contributed by atoms with E-state index in [0.717, 1.165) is 19.3 Å². The van der Waals surface area contributed by atoms with Gasteiger partial charge in [-0.1, -0.05) is 6.07 Å². The van der Waals surface area contributed by atoms with Crippen molar-refractivity contribution < 1.29 is 4.79 Å². The zero-order chi connectivity index (χ0) is 12.5. The second-order valence-corrected chi connectivity index (χ2v) is 5.77. The Balaban J connectivity index is 1.98. The van der Waals surface area contributed by atoms with Crippen molar-refractivity contribution in [3.63, 3.8) is 0 Å². The molecule has 3 nitrogen and oxygen atoms in total. The summed E-state index contributed by atoms with van der Waals surface area (Å²) in [5.74, 6) is -0.0101. The molecule has 1 aromatic heterocycles. The largest absolute Gasteiger partial charge is 0.341 e. The summed E-state index contributed by atoms with van der Waals surface area (Å²) in [7, 11) is 1.80. The molecule has 1 amide bonds. The third-order valence-electron chi connectivity index (χ3n) is 3.43. The summed E-state index contributed by atoms with van der Waals surface area (Å²) in [6.07, 6.45) is 2.30. The van der Waals surface area contributed by atoms with Crippen LogP contribution in [0.5, 0.6) is 0 Å². The number of carbonyl (C=O) groups is 1. The van der Waals surface area contributed by atoms with Crippen LogP contribution in [0.15, 0.2) is 17.5 Å². The lowest BCUT2D eigenvalue weighted by molar-refractivity contribution is -0.135. The first kappa shape index (κ1) is 12.1. The van der Waals surface area contributed by atoms with Crippen LogP contribution >= 0.6 is 11.3 Å². The number of hydrogen-bond acceptors (Lipinski definition) is 3. The Kier molecular flexibility index (Phi) is 3.21. The number of amides is 1. The van der Waals surface area contributed by atoms with Gasteiger partial charge >= 0.3 is 0 Å². The van der Waals surface area contributed by atoms with E-state index in [1.807, 2.05) is 18.4 Å². The molecule has 4 heteroatoms. The number of likely N-dealkylation sites (N-methyl/N-ethyl adjacent to an activating group) is 1. The average molecular weight is 248 g/mol. The van der Waals surface area contributed by atoms with E-state index in [1.165, 1.54) is 4.88 Å². The maximum atomic E-state index is 12.1. The Morgan fingerprint density at radius 1 is 1.71 bits per heavy atom. The SMILES string of the molecule is CC(Cc1cccs1)N(C)C(=O)C1(C#N)CC1. The molecule has 1 aliphatic carbocycles. The van der Waals surface area contributed by atoms with E-state index in [4.69, 9.17) is 5.26 Å². The Bertz CT molecular complexity index is 442. The minimum absolute atomic E-state index is 0.0101. The van der Waals surface area contributed by atoms with Crippen LogP contribution in [0.25, 0.3) is 0 Å². The number of hydrogen-bond donors (Lipinski definition) is 0. The van der Waals surface area contributed by atoms with Gasteiger partial charge in [0.05, 0.1) is 6.07 Å². The van der Waals surface area contributed by atoms with Crippen LogP contribution in [0.1, 0.15) is 24.6 Å². The van der Waals surface area contributed by atoms with Gasteiger partial charge in [0.1, 0.15) is 5.41 Å². The van der Waals surface area contributed by atoms with Gasteiger partial charge in [-0.25, -0.2) is 0 Å². The topological polar surface area (TPSA) is 44.1 Å². The molecule has 2 rings (SSSR count). The summed E-state index contributed by atoms with van der Waals surface area (Å²) < 4.78 is 0. The van der Waals surface area contributed by atoms with Crippen molar-refractivity contribution in [3.05, 3.63) is 22.4 Å². The normalized spacial score (nSPS) is 18.2. The van der Waals surface area contributed by atoms with Crippen molar-refractivity contribution in [2.75, 3.05) is 7.05 Å². The van der Waals surface area contributed by atoms with Crippen LogP contribution in [0.2, 0.25) is 0 Å². The zero-order valence-electron chi connectivity index (χ0n) is 10.1. The molecule has 17 heavy (non-hydrogen) atoms. The zero-order valence-corrected chi connectivity index (χ0v) is 11.0. The van der Waals surface area contributed by atoms with Crippen LogP contribution in [0.3, 0.4) is 0 Å². The summed E-state index contributed by atoms with van der Waals surface area (Å²) in [5.41, 5.74) is -0.696. The minimum atomic E-state index is -0.696. The molecule has 0 saturated heterocycles. The summed E-state index contributed by atoms with van der Waals surface area (Å²) in [6, 6.07) is 6.40. The number of carbonyl (C=O) groups excluding carboxylic acids is 1. The van der Waals surface area contributed by atoms with E-state index < -0.39 is 5.41 Å². The molecule has 1 aliphatic rings. The first-order valence-corrected chi connectivity index (χ1v) is 6.68. The molecule has 0 N–H and O–H groups in total. The molecule has 0 spiro atoms. The van der Waals surface area contributed by atoms with Crippen molar-refractivity contribution in [1.82, 2.24) is 4.90 Å². The standard InChI is InChI=1S/C13H16N2OS/c1-10(8-11-4-3-7-17-11)15(2)12(16)13(9-14)5-6-13/h3-4,7,10H,5-6,8H2,1-2H3. The highest BCUT2D eigenvalue weighted by Gasteiger charge is 2.52. The summed E-state index contributed by atoms with van der Waals surface area (Å²) in [6.45, 7) is 2.03. The van der Waals surface area contributed by atoms with Crippen molar-refractivity contribution in [2.24, 2.45) is 5.41 Å². The van der Waals surface area contributed by atoms with E-state index in [0.29, 0.717) is 0 Å². The van der Waals surface area contributed by atoms with Crippen LogP contribution < -0.4 is 0 Å². The molecule has 1 saturated carbocycles. The minimum Gasteiger partial charge on any atom is -0.341 e. The monoisotopic (exact) mass is 248 g/mol. The van der Waals surface area contributed by atoms with Gasteiger partial charge in [-0.3, -0.25) is 4.79 Å². The summed E-state index contributed by atoms with van der Waals surface area (Å²) >= 11 is 1.71. The maximum absolute atomic E-state index is 12.1. The van der Waals surface area contributed by atoms with E-state index in [2.05, 4.69) is 12.1 Å². The van der Waals surface area contributed by atoms with Crippen LogP contribution in [0.4, 0.5) is 0 Å². The van der Waals surface area contributed by atoms with E-state index in [9.17, 15) is 4.79 Å². The van der Waals surface area contributed by atoms with Crippen molar-refractivity contribution >= 4 is 17.2 Å². The lowest BCUT2D eigenvalue weighted by atomic mass is 10.1. The molecule has 90 valence electrons. The molecule has 1 aromatic rings. The average Bonchev–Trinajstić information content (AvgIpc) is 2.98. The maximum Gasteiger partial charge on any atom is 0.243 e. The molecule has 1 unspecified atom stereocenters. The summed E-state index contributed by atoms with van der Waals surface area (Å²) in [5, 5.41) is 11.1. The van der Waals surface area contributed by atoms with Gasteiger partial charge in [0, 0.05) is 24.4 Å². The van der Waals surface area contributed by atoms with E-state index in [1.54, 1.807) is 23.3 Å². The molecule has 1 fully saturated rings.